The molecule has 1 atom stereocenters. The molecule has 2 rings (SSSR count). The van der Waals surface area contributed by atoms with E-state index in [0.717, 1.165) is 24.8 Å². The fourth-order valence-electron chi connectivity index (χ4n) is 2.86. The van der Waals surface area contributed by atoms with Crippen molar-refractivity contribution in [3.8, 4) is 0 Å². The Morgan fingerprint density at radius 3 is 2.67 bits per heavy atom. The first-order valence-corrected chi connectivity index (χ1v) is 9.49. The van der Waals surface area contributed by atoms with Crippen molar-refractivity contribution < 1.29 is 8.42 Å². The van der Waals surface area contributed by atoms with Crippen LogP contribution in [-0.2, 0) is 16.6 Å². The maximum absolute atomic E-state index is 12.7. The van der Waals surface area contributed by atoms with Crippen molar-refractivity contribution >= 4 is 26.0 Å². The summed E-state index contributed by atoms with van der Waals surface area (Å²) in [5.41, 5.74) is 0.967. The Bertz CT molecular complexity index is 614. The van der Waals surface area contributed by atoms with Gasteiger partial charge in [0, 0.05) is 17.1 Å². The van der Waals surface area contributed by atoms with Gasteiger partial charge in [0.2, 0.25) is 10.0 Å². The Labute approximate surface area is 135 Å². The van der Waals surface area contributed by atoms with Crippen LogP contribution >= 0.6 is 15.9 Å². The summed E-state index contributed by atoms with van der Waals surface area (Å²) in [4.78, 5) is 0.318. The van der Waals surface area contributed by atoms with E-state index in [2.05, 4.69) is 39.8 Å². The molecule has 0 aromatic heterocycles. The lowest BCUT2D eigenvalue weighted by Crippen LogP contribution is -2.41. The van der Waals surface area contributed by atoms with Gasteiger partial charge in [-0.05, 0) is 58.9 Å². The average Bonchev–Trinajstić information content (AvgIpc) is 2.71. The molecule has 1 aliphatic rings. The lowest BCUT2D eigenvalue weighted by Gasteiger charge is -2.27. The highest BCUT2D eigenvalue weighted by molar-refractivity contribution is 9.10. The van der Waals surface area contributed by atoms with Crippen molar-refractivity contribution in [1.29, 1.82) is 0 Å². The molecule has 118 valence electrons. The monoisotopic (exact) mass is 374 g/mol. The molecule has 1 unspecified atom stereocenters. The van der Waals surface area contributed by atoms with Crippen LogP contribution in [0.15, 0.2) is 27.6 Å². The maximum atomic E-state index is 12.7. The molecule has 0 radical (unpaired) electrons. The average molecular weight is 375 g/mol. The van der Waals surface area contributed by atoms with Gasteiger partial charge in [-0.2, -0.15) is 0 Å². The van der Waals surface area contributed by atoms with E-state index >= 15 is 0 Å². The molecule has 1 saturated carbocycles. The van der Waals surface area contributed by atoms with E-state index in [-0.39, 0.29) is 11.5 Å². The molecule has 21 heavy (non-hydrogen) atoms. The summed E-state index contributed by atoms with van der Waals surface area (Å²) in [6.45, 7) is 4.89. The van der Waals surface area contributed by atoms with Crippen molar-refractivity contribution in [3.63, 3.8) is 0 Å². The summed E-state index contributed by atoms with van der Waals surface area (Å²) in [5, 5.41) is 3.04. The third kappa shape index (κ3) is 3.86. The first-order valence-electron chi connectivity index (χ1n) is 7.21. The summed E-state index contributed by atoms with van der Waals surface area (Å²) in [6.07, 6.45) is 3.03. The van der Waals surface area contributed by atoms with Gasteiger partial charge in [0.1, 0.15) is 0 Å². The fourth-order valence-corrected chi connectivity index (χ4v) is 5.32. The molecular formula is C15H23BrN2O2S. The number of rotatable bonds is 5. The zero-order valence-electron chi connectivity index (χ0n) is 12.7. The van der Waals surface area contributed by atoms with Crippen LogP contribution in [0.3, 0.4) is 0 Å². The summed E-state index contributed by atoms with van der Waals surface area (Å²) < 4.78 is 28.9. The number of hydrogen-bond acceptors (Lipinski definition) is 3. The smallest absolute Gasteiger partial charge is 0.241 e. The van der Waals surface area contributed by atoms with Gasteiger partial charge < -0.3 is 5.32 Å². The lowest BCUT2D eigenvalue weighted by atomic mass is 9.88. The van der Waals surface area contributed by atoms with Gasteiger partial charge in [0.15, 0.2) is 0 Å². The number of halogens is 1. The van der Waals surface area contributed by atoms with Crippen LogP contribution < -0.4 is 10.0 Å². The molecule has 0 spiro atoms. The van der Waals surface area contributed by atoms with Gasteiger partial charge in [-0.25, -0.2) is 13.1 Å². The third-order valence-corrected chi connectivity index (χ3v) is 6.69. The number of sulfonamides is 1. The molecule has 1 fully saturated rings. The first-order chi connectivity index (χ1) is 9.76. The topological polar surface area (TPSA) is 58.2 Å². The maximum Gasteiger partial charge on any atom is 0.241 e. The minimum absolute atomic E-state index is 0.00218. The van der Waals surface area contributed by atoms with Gasteiger partial charge >= 0.3 is 0 Å². The van der Waals surface area contributed by atoms with Crippen molar-refractivity contribution in [2.24, 2.45) is 5.41 Å². The van der Waals surface area contributed by atoms with Gasteiger partial charge in [-0.1, -0.05) is 26.3 Å². The molecule has 0 bridgehead atoms. The Hall–Kier alpha value is -0.430. The summed E-state index contributed by atoms with van der Waals surface area (Å²) in [6, 6.07) is 5.44. The molecule has 1 aromatic carbocycles. The highest BCUT2D eigenvalue weighted by Crippen LogP contribution is 2.38. The van der Waals surface area contributed by atoms with E-state index in [9.17, 15) is 8.42 Å². The number of benzene rings is 1. The quantitative estimate of drug-likeness (QED) is 0.832. The van der Waals surface area contributed by atoms with E-state index in [0.29, 0.717) is 15.9 Å². The minimum Gasteiger partial charge on any atom is -0.316 e. The SMILES string of the molecule is CNCc1ccc(Br)c(S(=O)(=O)NC2CCCC2(C)C)c1. The lowest BCUT2D eigenvalue weighted by molar-refractivity contribution is 0.313. The van der Waals surface area contributed by atoms with Gasteiger partial charge in [0.05, 0.1) is 4.90 Å². The third-order valence-electron chi connectivity index (χ3n) is 4.22. The van der Waals surface area contributed by atoms with Crippen molar-refractivity contribution in [2.75, 3.05) is 7.05 Å². The van der Waals surface area contributed by atoms with Gasteiger partial charge in [0.25, 0.3) is 0 Å². The molecule has 2 N–H and O–H groups in total. The van der Waals surface area contributed by atoms with Crippen molar-refractivity contribution in [2.45, 2.75) is 50.6 Å². The predicted octanol–water partition coefficient (Wildman–Crippen LogP) is 3.03. The summed E-state index contributed by atoms with van der Waals surface area (Å²) in [7, 11) is -1.67. The minimum atomic E-state index is -3.51. The Morgan fingerprint density at radius 1 is 1.38 bits per heavy atom. The largest absolute Gasteiger partial charge is 0.316 e. The molecule has 0 saturated heterocycles. The van der Waals surface area contributed by atoms with Gasteiger partial charge in [-0.15, -0.1) is 0 Å². The van der Waals surface area contributed by atoms with Crippen molar-refractivity contribution in [1.82, 2.24) is 10.0 Å². The van der Waals surface area contributed by atoms with Crippen LogP contribution in [0.5, 0.6) is 0 Å². The van der Waals surface area contributed by atoms with Crippen LogP contribution in [0, 0.1) is 5.41 Å². The van der Waals surface area contributed by atoms with Crippen LogP contribution in [-0.4, -0.2) is 21.5 Å². The Balaban J connectivity index is 2.29. The van der Waals surface area contributed by atoms with E-state index in [1.807, 2.05) is 13.1 Å². The number of nitrogens with one attached hydrogen (secondary N) is 2. The zero-order valence-corrected chi connectivity index (χ0v) is 15.1. The van der Waals surface area contributed by atoms with E-state index in [1.54, 1.807) is 12.1 Å². The second-order valence-electron chi connectivity index (χ2n) is 6.35. The molecule has 1 aromatic rings. The Kier molecular flexibility index (Phi) is 5.13. The van der Waals surface area contributed by atoms with Crippen LogP contribution in [0.25, 0.3) is 0 Å². The molecule has 1 aliphatic carbocycles. The summed E-state index contributed by atoms with van der Waals surface area (Å²) >= 11 is 3.36. The normalized spacial score (nSPS) is 21.6. The highest BCUT2D eigenvalue weighted by atomic mass is 79.9. The van der Waals surface area contributed by atoms with E-state index in [4.69, 9.17) is 0 Å². The molecule has 0 heterocycles. The second kappa shape index (κ2) is 6.36. The standard InChI is InChI=1S/C15H23BrN2O2S/c1-15(2)8-4-5-14(15)18-21(19,20)13-9-11(10-17-3)6-7-12(13)16/h6-7,9,14,17-18H,4-5,8,10H2,1-3H3. The molecule has 4 nitrogen and oxygen atoms in total. The number of hydrogen-bond donors (Lipinski definition) is 2. The summed E-state index contributed by atoms with van der Waals surface area (Å²) in [5.74, 6) is 0. The van der Waals surface area contributed by atoms with E-state index in [1.165, 1.54) is 0 Å². The van der Waals surface area contributed by atoms with E-state index < -0.39 is 10.0 Å². The van der Waals surface area contributed by atoms with Crippen LogP contribution in [0.2, 0.25) is 0 Å². The zero-order chi connectivity index (χ0) is 15.7. The van der Waals surface area contributed by atoms with Gasteiger partial charge in [-0.3, -0.25) is 0 Å². The molecule has 0 aliphatic heterocycles. The first kappa shape index (κ1) is 16.9. The fraction of sp³-hybridized carbons (Fsp3) is 0.600. The molecular weight excluding hydrogens is 352 g/mol. The highest BCUT2D eigenvalue weighted by Gasteiger charge is 2.37. The second-order valence-corrected chi connectivity index (χ2v) is 8.89. The predicted molar refractivity (Wildman–Crippen MR) is 88.6 cm³/mol. The molecule has 6 heteroatoms. The molecule has 0 amide bonds. The van der Waals surface area contributed by atoms with Crippen molar-refractivity contribution in [3.05, 3.63) is 28.2 Å². The Morgan fingerprint density at radius 2 is 2.10 bits per heavy atom. The van der Waals surface area contributed by atoms with Crippen LogP contribution in [0.4, 0.5) is 0 Å². The van der Waals surface area contributed by atoms with Crippen LogP contribution in [0.1, 0.15) is 38.7 Å².